The van der Waals surface area contributed by atoms with Gasteiger partial charge in [0.1, 0.15) is 11.3 Å². The van der Waals surface area contributed by atoms with Gasteiger partial charge >= 0.3 is 0 Å². The van der Waals surface area contributed by atoms with Gasteiger partial charge in [0.15, 0.2) is 16.9 Å². The smallest absolute Gasteiger partial charge is 0.295 e. The van der Waals surface area contributed by atoms with Crippen molar-refractivity contribution in [3.05, 3.63) is 92.8 Å². The van der Waals surface area contributed by atoms with Gasteiger partial charge in [-0.15, -0.1) is 0 Å². The fourth-order valence-electron chi connectivity index (χ4n) is 5.17. The van der Waals surface area contributed by atoms with E-state index < -0.39 is 6.04 Å². The predicted octanol–water partition coefficient (Wildman–Crippen LogP) is 7.38. The lowest BCUT2D eigenvalue weighted by Crippen LogP contribution is -2.29. The first kappa shape index (κ1) is 28.3. The molecular formula is C34H37NO6. The zero-order valence-electron chi connectivity index (χ0n) is 24.6. The van der Waals surface area contributed by atoms with Crippen LogP contribution in [-0.2, 0) is 0 Å². The van der Waals surface area contributed by atoms with Crippen LogP contribution in [0.3, 0.4) is 0 Å². The lowest BCUT2D eigenvalue weighted by atomic mass is 9.97. The summed E-state index contributed by atoms with van der Waals surface area (Å²) in [6.07, 6.45) is 0.913. The van der Waals surface area contributed by atoms with Crippen molar-refractivity contribution in [2.45, 2.75) is 54.0 Å². The molecule has 2 heterocycles. The SMILES string of the molecule is CCOc1ccc(N2C(=O)c3oc4cc(C)c(C)cc4c(=O)c3C2c2ccc(OCCC(C)C)c(OCC)c2)cc1. The van der Waals surface area contributed by atoms with Crippen LogP contribution in [0.25, 0.3) is 11.0 Å². The molecule has 0 radical (unpaired) electrons. The van der Waals surface area contributed by atoms with E-state index in [-0.39, 0.29) is 17.1 Å². The largest absolute Gasteiger partial charge is 0.494 e. The maximum absolute atomic E-state index is 14.1. The molecule has 0 saturated heterocycles. The number of rotatable bonds is 10. The lowest BCUT2D eigenvalue weighted by molar-refractivity contribution is 0.0971. The summed E-state index contributed by atoms with van der Waals surface area (Å²) in [5, 5.41) is 0.455. The molecular weight excluding hydrogens is 518 g/mol. The summed E-state index contributed by atoms with van der Waals surface area (Å²) in [6.45, 7) is 13.6. The molecule has 0 saturated carbocycles. The summed E-state index contributed by atoms with van der Waals surface area (Å²) >= 11 is 0. The average Bonchev–Trinajstić information content (AvgIpc) is 3.23. The van der Waals surface area contributed by atoms with Gasteiger partial charge in [0.2, 0.25) is 5.76 Å². The Morgan fingerprint density at radius 3 is 2.24 bits per heavy atom. The molecule has 7 nitrogen and oxygen atoms in total. The minimum atomic E-state index is -0.721. The molecule has 0 fully saturated rings. The van der Waals surface area contributed by atoms with Crippen molar-refractivity contribution in [3.8, 4) is 17.2 Å². The highest BCUT2D eigenvalue weighted by molar-refractivity contribution is 6.10. The fraction of sp³-hybridized carbons (Fsp3) is 0.353. The average molecular weight is 556 g/mol. The number of hydrogen-bond acceptors (Lipinski definition) is 6. The van der Waals surface area contributed by atoms with Gasteiger partial charge < -0.3 is 18.6 Å². The normalized spacial score (nSPS) is 14.6. The van der Waals surface area contributed by atoms with Gasteiger partial charge in [0, 0.05) is 5.69 Å². The summed E-state index contributed by atoms with van der Waals surface area (Å²) < 4.78 is 23.9. The maximum atomic E-state index is 14.1. The molecule has 7 heteroatoms. The Hall–Kier alpha value is -4.26. The van der Waals surface area contributed by atoms with Crippen LogP contribution in [-0.4, -0.2) is 25.7 Å². The van der Waals surface area contributed by atoms with Crippen LogP contribution in [0.4, 0.5) is 5.69 Å². The topological polar surface area (TPSA) is 78.2 Å². The van der Waals surface area contributed by atoms with Crippen molar-refractivity contribution in [1.29, 1.82) is 0 Å². The third-order valence-electron chi connectivity index (χ3n) is 7.45. The molecule has 1 aliphatic rings. The highest BCUT2D eigenvalue weighted by atomic mass is 16.5. The summed E-state index contributed by atoms with van der Waals surface area (Å²) in [7, 11) is 0. The maximum Gasteiger partial charge on any atom is 0.295 e. The van der Waals surface area contributed by atoms with Gasteiger partial charge in [0.25, 0.3) is 5.91 Å². The van der Waals surface area contributed by atoms with Crippen LogP contribution >= 0.6 is 0 Å². The number of nitrogens with zero attached hydrogens (tertiary/aromatic N) is 1. The molecule has 1 aromatic heterocycles. The standard InChI is InChI=1S/C34H37NO6/c1-7-38-25-12-10-24(11-13-25)35-31(23-9-14-27(29(19-23)39-8-2)40-16-15-20(3)4)30-32(36)26-17-21(5)22(6)18-28(26)41-33(30)34(35)37/h9-14,17-20,31H,7-8,15-16H2,1-6H3. The highest BCUT2D eigenvalue weighted by Gasteiger charge is 2.44. The van der Waals surface area contributed by atoms with Gasteiger partial charge in [-0.25, -0.2) is 0 Å². The molecule has 0 bridgehead atoms. The van der Waals surface area contributed by atoms with Crippen LogP contribution in [0.5, 0.6) is 17.2 Å². The van der Waals surface area contributed by atoms with E-state index in [2.05, 4.69) is 13.8 Å². The second kappa shape index (κ2) is 11.7. The van der Waals surface area contributed by atoms with Crippen LogP contribution < -0.4 is 24.5 Å². The van der Waals surface area contributed by atoms with Gasteiger partial charge in [-0.05, 0) is 105 Å². The minimum Gasteiger partial charge on any atom is -0.494 e. The van der Waals surface area contributed by atoms with Crippen molar-refractivity contribution >= 4 is 22.6 Å². The van der Waals surface area contributed by atoms with Crippen molar-refractivity contribution in [3.63, 3.8) is 0 Å². The number of fused-ring (bicyclic) bond motifs is 2. The van der Waals surface area contributed by atoms with Crippen molar-refractivity contribution in [2.75, 3.05) is 24.7 Å². The molecule has 1 aliphatic heterocycles. The van der Waals surface area contributed by atoms with E-state index in [4.69, 9.17) is 18.6 Å². The molecule has 3 aromatic carbocycles. The van der Waals surface area contributed by atoms with Gasteiger partial charge in [-0.1, -0.05) is 19.9 Å². The Balaban J connectivity index is 1.68. The van der Waals surface area contributed by atoms with Gasteiger partial charge in [-0.3, -0.25) is 14.5 Å². The molecule has 4 aromatic rings. The van der Waals surface area contributed by atoms with Crippen molar-refractivity contribution < 1.29 is 23.4 Å². The number of carbonyl (C=O) groups is 1. The van der Waals surface area contributed by atoms with E-state index in [1.807, 2.05) is 82.3 Å². The van der Waals surface area contributed by atoms with E-state index >= 15 is 0 Å². The van der Waals surface area contributed by atoms with Crippen LogP contribution in [0.15, 0.2) is 63.8 Å². The van der Waals surface area contributed by atoms with E-state index in [1.165, 1.54) is 0 Å². The zero-order valence-corrected chi connectivity index (χ0v) is 24.6. The quantitative estimate of drug-likeness (QED) is 0.203. The molecule has 1 unspecified atom stereocenters. The number of hydrogen-bond donors (Lipinski definition) is 0. The molecule has 0 aliphatic carbocycles. The van der Waals surface area contributed by atoms with E-state index in [1.54, 1.807) is 4.90 Å². The third kappa shape index (κ3) is 5.41. The first-order valence-corrected chi connectivity index (χ1v) is 14.3. The number of ether oxygens (including phenoxy) is 3. The van der Waals surface area contributed by atoms with Crippen LogP contribution in [0.2, 0.25) is 0 Å². The number of amides is 1. The summed E-state index contributed by atoms with van der Waals surface area (Å²) in [5.41, 5.74) is 3.82. The van der Waals surface area contributed by atoms with Gasteiger partial charge in [0.05, 0.1) is 36.8 Å². The molecule has 5 rings (SSSR count). The summed E-state index contributed by atoms with van der Waals surface area (Å²) in [5.74, 6) is 2.09. The van der Waals surface area contributed by atoms with Crippen molar-refractivity contribution in [2.24, 2.45) is 5.92 Å². The second-order valence-corrected chi connectivity index (χ2v) is 10.8. The van der Waals surface area contributed by atoms with E-state index in [0.717, 1.165) is 23.1 Å². The van der Waals surface area contributed by atoms with E-state index in [9.17, 15) is 9.59 Å². The Morgan fingerprint density at radius 1 is 0.854 bits per heavy atom. The summed E-state index contributed by atoms with van der Waals surface area (Å²) in [6, 6.07) is 15.9. The Bertz CT molecular complexity index is 1640. The lowest BCUT2D eigenvalue weighted by Gasteiger charge is -2.26. The van der Waals surface area contributed by atoms with Crippen molar-refractivity contribution in [1.82, 2.24) is 0 Å². The molecule has 214 valence electrons. The van der Waals surface area contributed by atoms with Crippen LogP contribution in [0.1, 0.15) is 73.0 Å². The molecule has 41 heavy (non-hydrogen) atoms. The predicted molar refractivity (Wildman–Crippen MR) is 161 cm³/mol. The Morgan fingerprint density at radius 2 is 1.56 bits per heavy atom. The number of benzene rings is 3. The molecule has 0 N–H and O–H groups in total. The summed E-state index contributed by atoms with van der Waals surface area (Å²) in [4.78, 5) is 29.7. The fourth-order valence-corrected chi connectivity index (χ4v) is 5.17. The monoisotopic (exact) mass is 555 g/mol. The first-order chi connectivity index (χ1) is 19.7. The minimum absolute atomic E-state index is 0.0554. The number of carbonyl (C=O) groups excluding carboxylic acids is 1. The number of anilines is 1. The van der Waals surface area contributed by atoms with Crippen LogP contribution in [0, 0.1) is 19.8 Å². The molecule has 1 amide bonds. The highest BCUT2D eigenvalue weighted by Crippen LogP contribution is 2.44. The van der Waals surface area contributed by atoms with Gasteiger partial charge in [-0.2, -0.15) is 0 Å². The zero-order chi connectivity index (χ0) is 29.3. The third-order valence-corrected chi connectivity index (χ3v) is 7.45. The molecule has 0 spiro atoms. The van der Waals surface area contributed by atoms with E-state index in [0.29, 0.717) is 65.2 Å². The Kier molecular flexibility index (Phi) is 8.06. The molecule has 1 atom stereocenters. The second-order valence-electron chi connectivity index (χ2n) is 10.8. The Labute approximate surface area is 240 Å². The first-order valence-electron chi connectivity index (χ1n) is 14.3. The number of aryl methyl sites for hydroxylation is 2.